The summed E-state index contributed by atoms with van der Waals surface area (Å²) < 4.78 is 5.60. The van der Waals surface area contributed by atoms with E-state index in [1.165, 1.54) is 6.08 Å². The first-order valence-electron chi connectivity index (χ1n) is 9.19. The minimum atomic E-state index is -0.565. The monoisotopic (exact) mass is 380 g/mol. The van der Waals surface area contributed by atoms with Gasteiger partial charge >= 0.3 is 0 Å². The molecule has 0 saturated carbocycles. The maximum atomic E-state index is 11.0. The van der Waals surface area contributed by atoms with Gasteiger partial charge in [-0.3, -0.25) is 14.9 Å². The average molecular weight is 380 g/mol. The fourth-order valence-corrected chi connectivity index (χ4v) is 3.14. The number of hydroxylamine groups is 1. The van der Waals surface area contributed by atoms with Gasteiger partial charge in [0.2, 0.25) is 0 Å². The van der Waals surface area contributed by atoms with Gasteiger partial charge in [-0.15, -0.1) is 0 Å². The zero-order valence-electron chi connectivity index (χ0n) is 15.5. The molecule has 1 amide bonds. The largest absolute Gasteiger partial charge is 0.464 e. The number of amides is 1. The predicted molar refractivity (Wildman–Crippen MR) is 108 cm³/mol. The van der Waals surface area contributed by atoms with Gasteiger partial charge in [-0.05, 0) is 35.3 Å². The molecule has 1 aromatic heterocycles. The third kappa shape index (κ3) is 5.29. The van der Waals surface area contributed by atoms with Gasteiger partial charge in [0.05, 0.1) is 12.9 Å². The van der Waals surface area contributed by atoms with Crippen LogP contribution in [0.15, 0.2) is 65.3 Å². The van der Waals surface area contributed by atoms with E-state index in [1.54, 1.807) is 17.8 Å². The Labute approximate surface area is 163 Å². The number of furan rings is 1. The van der Waals surface area contributed by atoms with E-state index in [1.807, 2.05) is 42.5 Å². The lowest BCUT2D eigenvalue weighted by atomic mass is 10.1. The molecular formula is C22H24N2O4. The molecule has 6 heteroatoms. The Hall–Kier alpha value is -2.93. The molecular weight excluding hydrogens is 356 g/mol. The molecule has 0 fully saturated rings. The van der Waals surface area contributed by atoms with Crippen LogP contribution in [0.4, 0.5) is 0 Å². The first-order chi connectivity index (χ1) is 13.7. The van der Waals surface area contributed by atoms with Crippen molar-refractivity contribution in [3.63, 3.8) is 0 Å². The fraction of sp³-hybridized carbons (Fsp3) is 0.227. The molecule has 0 unspecified atom stereocenters. The highest BCUT2D eigenvalue weighted by atomic mass is 16.5. The quantitative estimate of drug-likeness (QED) is 0.302. The van der Waals surface area contributed by atoms with Crippen LogP contribution in [0.3, 0.4) is 0 Å². The number of hydrogen-bond donors (Lipinski definition) is 3. The first-order valence-corrected chi connectivity index (χ1v) is 9.19. The molecule has 3 rings (SSSR count). The summed E-state index contributed by atoms with van der Waals surface area (Å²) in [6.07, 6.45) is 5.44. The molecule has 1 heterocycles. The summed E-state index contributed by atoms with van der Waals surface area (Å²) >= 11 is 0. The molecule has 0 radical (unpaired) electrons. The van der Waals surface area contributed by atoms with Gasteiger partial charge in [0.25, 0.3) is 5.91 Å². The number of nitrogens with one attached hydrogen (secondary N) is 1. The highest BCUT2D eigenvalue weighted by Crippen LogP contribution is 2.20. The van der Waals surface area contributed by atoms with Gasteiger partial charge in [0.15, 0.2) is 0 Å². The molecule has 0 aliphatic carbocycles. The normalized spacial score (nSPS) is 11.5. The maximum Gasteiger partial charge on any atom is 0.267 e. The third-order valence-electron chi connectivity index (χ3n) is 4.60. The van der Waals surface area contributed by atoms with Gasteiger partial charge in [-0.1, -0.05) is 42.5 Å². The van der Waals surface area contributed by atoms with Gasteiger partial charge < -0.3 is 9.52 Å². The smallest absolute Gasteiger partial charge is 0.267 e. The molecule has 0 aliphatic rings. The number of rotatable bonds is 9. The summed E-state index contributed by atoms with van der Waals surface area (Å²) in [5.74, 6) is -0.565. The average Bonchev–Trinajstić information content (AvgIpc) is 3.21. The van der Waals surface area contributed by atoms with E-state index in [4.69, 9.17) is 9.62 Å². The summed E-state index contributed by atoms with van der Waals surface area (Å²) in [4.78, 5) is 13.2. The van der Waals surface area contributed by atoms with Crippen LogP contribution < -0.4 is 5.48 Å². The van der Waals surface area contributed by atoms with E-state index in [9.17, 15) is 9.90 Å². The van der Waals surface area contributed by atoms with E-state index in [0.29, 0.717) is 6.54 Å². The molecule has 0 aliphatic heterocycles. The Morgan fingerprint density at radius 2 is 1.93 bits per heavy atom. The van der Waals surface area contributed by atoms with Crippen LogP contribution in [0.25, 0.3) is 17.0 Å². The number of aliphatic hydroxyl groups is 1. The molecule has 3 aromatic rings. The van der Waals surface area contributed by atoms with Crippen molar-refractivity contribution in [3.8, 4) is 0 Å². The minimum Gasteiger partial charge on any atom is -0.464 e. The second-order valence-corrected chi connectivity index (χ2v) is 6.56. The Morgan fingerprint density at radius 1 is 1.11 bits per heavy atom. The number of hydrogen-bond acceptors (Lipinski definition) is 5. The summed E-state index contributed by atoms with van der Waals surface area (Å²) in [5.41, 5.74) is 5.63. The van der Waals surface area contributed by atoms with Crippen LogP contribution in [-0.4, -0.2) is 40.8 Å². The van der Waals surface area contributed by atoms with E-state index >= 15 is 0 Å². The lowest BCUT2D eigenvalue weighted by molar-refractivity contribution is -0.124. The highest BCUT2D eigenvalue weighted by molar-refractivity contribution is 5.90. The Kier molecular flexibility index (Phi) is 6.97. The molecule has 3 N–H and O–H groups in total. The summed E-state index contributed by atoms with van der Waals surface area (Å²) in [6, 6.07) is 15.9. The van der Waals surface area contributed by atoms with Crippen molar-refractivity contribution in [3.05, 3.63) is 77.6 Å². The maximum absolute atomic E-state index is 11.0. The zero-order chi connectivity index (χ0) is 19.8. The number of benzene rings is 2. The van der Waals surface area contributed by atoms with E-state index in [2.05, 4.69) is 11.0 Å². The molecule has 0 saturated heterocycles. The van der Waals surface area contributed by atoms with Gasteiger partial charge in [-0.2, -0.15) is 0 Å². The van der Waals surface area contributed by atoms with Crippen LogP contribution in [0, 0.1) is 0 Å². The third-order valence-corrected chi connectivity index (χ3v) is 4.60. The van der Waals surface area contributed by atoms with Crippen LogP contribution in [-0.2, 0) is 17.8 Å². The van der Waals surface area contributed by atoms with Gasteiger partial charge in [0.1, 0.15) is 5.58 Å². The van der Waals surface area contributed by atoms with Crippen molar-refractivity contribution in [2.75, 3.05) is 19.7 Å². The summed E-state index contributed by atoms with van der Waals surface area (Å²) in [7, 11) is 0. The van der Waals surface area contributed by atoms with Crippen molar-refractivity contribution >= 4 is 23.0 Å². The lowest BCUT2D eigenvalue weighted by Crippen LogP contribution is -2.28. The first kappa shape index (κ1) is 19.8. The van der Waals surface area contributed by atoms with Crippen molar-refractivity contribution < 1.29 is 19.5 Å². The molecule has 0 spiro atoms. The summed E-state index contributed by atoms with van der Waals surface area (Å²) in [5, 5.41) is 19.0. The van der Waals surface area contributed by atoms with Gasteiger partial charge in [0, 0.05) is 31.1 Å². The van der Waals surface area contributed by atoms with E-state index < -0.39 is 5.91 Å². The van der Waals surface area contributed by atoms with Crippen molar-refractivity contribution in [2.24, 2.45) is 0 Å². The van der Waals surface area contributed by atoms with Crippen molar-refractivity contribution in [2.45, 2.75) is 13.0 Å². The number of aliphatic hydroxyl groups excluding tert-OH is 1. The molecule has 2 aromatic carbocycles. The topological polar surface area (TPSA) is 85.9 Å². The minimum absolute atomic E-state index is 0.0993. The Morgan fingerprint density at radius 3 is 2.68 bits per heavy atom. The second kappa shape index (κ2) is 9.85. The highest BCUT2D eigenvalue weighted by Gasteiger charge is 2.09. The molecule has 0 bridgehead atoms. The van der Waals surface area contributed by atoms with E-state index in [0.717, 1.165) is 47.2 Å². The summed E-state index contributed by atoms with van der Waals surface area (Å²) in [6.45, 7) is 2.21. The van der Waals surface area contributed by atoms with Crippen molar-refractivity contribution in [1.82, 2.24) is 10.4 Å². The van der Waals surface area contributed by atoms with Gasteiger partial charge in [-0.25, -0.2) is 5.48 Å². The Balaban J connectivity index is 1.62. The second-order valence-electron chi connectivity index (χ2n) is 6.56. The number of nitrogens with zero attached hydrogens (tertiary/aromatic N) is 1. The lowest BCUT2D eigenvalue weighted by Gasteiger charge is -2.21. The van der Waals surface area contributed by atoms with Crippen LogP contribution in [0.5, 0.6) is 0 Å². The predicted octanol–water partition coefficient (Wildman–Crippen LogP) is 2.99. The van der Waals surface area contributed by atoms with E-state index in [-0.39, 0.29) is 6.61 Å². The standard InChI is InChI=1S/C22H24N2O4/c25-14-13-24(12-10-19-2-1-3-20-11-15-28-22(19)20)16-18-6-4-17(5-7-18)8-9-21(26)23-27/h1-9,11,15,25,27H,10,12-14,16H2,(H,23,26)/b9-8+. The fourth-order valence-electron chi connectivity index (χ4n) is 3.14. The number of fused-ring (bicyclic) bond motifs is 1. The van der Waals surface area contributed by atoms with Crippen LogP contribution in [0.2, 0.25) is 0 Å². The SMILES string of the molecule is O=C(/C=C/c1ccc(CN(CCO)CCc2cccc3ccoc23)cc1)NO. The van der Waals surface area contributed by atoms with Crippen molar-refractivity contribution in [1.29, 1.82) is 0 Å². The van der Waals surface area contributed by atoms with Crippen LogP contribution in [0.1, 0.15) is 16.7 Å². The molecule has 28 heavy (non-hydrogen) atoms. The molecule has 6 nitrogen and oxygen atoms in total. The number of carbonyl (C=O) groups is 1. The van der Waals surface area contributed by atoms with Crippen LogP contribution >= 0.6 is 0 Å². The molecule has 146 valence electrons. The number of carbonyl (C=O) groups excluding carboxylic acids is 1. The Bertz CT molecular complexity index is 931. The molecule has 0 atom stereocenters. The number of para-hydroxylation sites is 1. The zero-order valence-corrected chi connectivity index (χ0v) is 15.5.